The molecule has 7 aliphatic rings. The number of fused-ring (bicyclic) bond motifs is 12. The zero-order valence-corrected chi connectivity index (χ0v) is 16.8. The topological polar surface area (TPSA) is 35.5 Å². The van der Waals surface area contributed by atoms with E-state index in [2.05, 4.69) is 26.0 Å². The number of carbonyl (C=O) groups excluding carboxylic acids is 1. The minimum absolute atomic E-state index is 0.0338. The number of rotatable bonds is 4. The Morgan fingerprint density at radius 1 is 0.963 bits per heavy atom. The van der Waals surface area contributed by atoms with Gasteiger partial charge in [-0.3, -0.25) is 4.79 Å². The quantitative estimate of drug-likeness (QED) is 0.308. The van der Waals surface area contributed by atoms with E-state index in [-0.39, 0.29) is 30.2 Å². The van der Waals surface area contributed by atoms with Crippen molar-refractivity contribution in [2.24, 2.45) is 58.7 Å². The maximum Gasteiger partial charge on any atom is 0.311 e. The molecule has 148 valence electrons. The first-order valence-electron chi connectivity index (χ1n) is 11.5. The average Bonchev–Trinajstić information content (AvgIpc) is 3.43. The van der Waals surface area contributed by atoms with Gasteiger partial charge in [0.25, 0.3) is 0 Å². The Labute approximate surface area is 163 Å². The molecule has 0 spiro atoms. The van der Waals surface area contributed by atoms with Crippen molar-refractivity contribution in [2.75, 3.05) is 6.79 Å². The fourth-order valence-electron chi connectivity index (χ4n) is 8.92. The van der Waals surface area contributed by atoms with E-state index in [0.717, 1.165) is 41.9 Å². The lowest BCUT2D eigenvalue weighted by Crippen LogP contribution is -2.51. The normalized spacial score (nSPS) is 53.1. The summed E-state index contributed by atoms with van der Waals surface area (Å²) in [5.41, 5.74) is 0.225. The summed E-state index contributed by atoms with van der Waals surface area (Å²) in [6.07, 6.45) is 14.1. The molecule has 7 rings (SSSR count). The molecule has 0 N–H and O–H groups in total. The summed E-state index contributed by atoms with van der Waals surface area (Å²) in [6.45, 7) is 4.88. The van der Waals surface area contributed by atoms with Crippen LogP contribution in [0.25, 0.3) is 0 Å². The third-order valence-corrected chi connectivity index (χ3v) is 10.0. The van der Waals surface area contributed by atoms with Gasteiger partial charge < -0.3 is 9.47 Å². The third kappa shape index (κ3) is 2.33. The number of esters is 1. The highest BCUT2D eigenvalue weighted by molar-refractivity contribution is 5.73. The Kier molecular flexibility index (Phi) is 3.69. The van der Waals surface area contributed by atoms with Crippen LogP contribution in [0.3, 0.4) is 0 Å². The van der Waals surface area contributed by atoms with Crippen LogP contribution in [0, 0.1) is 58.7 Å². The first-order chi connectivity index (χ1) is 13.0. The summed E-state index contributed by atoms with van der Waals surface area (Å²) in [5, 5.41) is 0. The van der Waals surface area contributed by atoms with E-state index < -0.39 is 0 Å². The van der Waals surface area contributed by atoms with Crippen LogP contribution in [0.4, 0.5) is 0 Å². The zero-order valence-electron chi connectivity index (χ0n) is 16.8. The van der Waals surface area contributed by atoms with E-state index in [9.17, 15) is 4.79 Å². The van der Waals surface area contributed by atoms with Crippen molar-refractivity contribution in [1.29, 1.82) is 0 Å². The Morgan fingerprint density at radius 2 is 1.70 bits per heavy atom. The molecule has 8 atom stereocenters. The predicted molar refractivity (Wildman–Crippen MR) is 102 cm³/mol. The standard InChI is InChI=1S/C24H34O3/c1-24(2)17-7-5-13(6-8-17)22(24)26-12-27-23(25)19-11-16-10-18(19)21-15-4-3-14(9-15)20(16)21/h3-4,13-22H,5-12H2,1-2H3. The maximum atomic E-state index is 12.9. The summed E-state index contributed by atoms with van der Waals surface area (Å²) < 4.78 is 12.0. The molecule has 0 amide bonds. The molecule has 0 saturated heterocycles. The van der Waals surface area contributed by atoms with Gasteiger partial charge in [-0.05, 0) is 97.7 Å². The Morgan fingerprint density at radius 3 is 2.44 bits per heavy atom. The number of allylic oxidation sites excluding steroid dienone is 2. The van der Waals surface area contributed by atoms with Gasteiger partial charge in [0.2, 0.25) is 0 Å². The fraction of sp³-hybridized carbons (Fsp3) is 0.875. The summed E-state index contributed by atoms with van der Waals surface area (Å²) in [5.74, 6) is 6.18. The molecule has 3 nitrogen and oxygen atoms in total. The molecule has 8 unspecified atom stereocenters. The molecule has 7 aliphatic carbocycles. The van der Waals surface area contributed by atoms with Crippen molar-refractivity contribution < 1.29 is 14.3 Å². The highest BCUT2D eigenvalue weighted by Crippen LogP contribution is 2.67. The van der Waals surface area contributed by atoms with Gasteiger partial charge in [0.1, 0.15) is 0 Å². The molecule has 0 aromatic carbocycles. The second kappa shape index (κ2) is 5.84. The smallest absolute Gasteiger partial charge is 0.311 e. The summed E-state index contributed by atoms with van der Waals surface area (Å²) in [4.78, 5) is 12.9. The first-order valence-corrected chi connectivity index (χ1v) is 11.5. The van der Waals surface area contributed by atoms with Crippen molar-refractivity contribution in [3.05, 3.63) is 12.2 Å². The number of ether oxygens (including phenoxy) is 2. The van der Waals surface area contributed by atoms with Gasteiger partial charge in [-0.2, -0.15) is 0 Å². The van der Waals surface area contributed by atoms with Gasteiger partial charge in [-0.15, -0.1) is 0 Å². The first kappa shape index (κ1) is 17.1. The molecular weight excluding hydrogens is 336 g/mol. The molecule has 6 fully saturated rings. The second-order valence-electron chi connectivity index (χ2n) is 11.2. The van der Waals surface area contributed by atoms with Gasteiger partial charge in [-0.1, -0.05) is 26.0 Å². The average molecular weight is 371 g/mol. The van der Waals surface area contributed by atoms with E-state index in [4.69, 9.17) is 9.47 Å². The second-order valence-corrected chi connectivity index (χ2v) is 11.2. The van der Waals surface area contributed by atoms with Crippen molar-refractivity contribution in [3.8, 4) is 0 Å². The Bertz CT molecular complexity index is 659. The predicted octanol–water partition coefficient (Wildman–Crippen LogP) is 4.81. The lowest BCUT2D eigenvalue weighted by atomic mass is 9.56. The van der Waals surface area contributed by atoms with E-state index in [0.29, 0.717) is 11.8 Å². The van der Waals surface area contributed by atoms with Crippen LogP contribution >= 0.6 is 0 Å². The van der Waals surface area contributed by atoms with Crippen LogP contribution < -0.4 is 0 Å². The van der Waals surface area contributed by atoms with Crippen molar-refractivity contribution >= 4 is 5.97 Å². The minimum atomic E-state index is 0.0338. The van der Waals surface area contributed by atoms with Gasteiger partial charge >= 0.3 is 5.97 Å². The van der Waals surface area contributed by atoms with E-state index >= 15 is 0 Å². The highest BCUT2D eigenvalue weighted by atomic mass is 16.7. The minimum Gasteiger partial charge on any atom is -0.438 e. The molecule has 0 heterocycles. The molecular formula is C24H34O3. The number of hydrogen-bond donors (Lipinski definition) is 0. The molecule has 6 saturated carbocycles. The Balaban J connectivity index is 1.07. The van der Waals surface area contributed by atoms with Crippen LogP contribution in [0.15, 0.2) is 12.2 Å². The monoisotopic (exact) mass is 370 g/mol. The van der Waals surface area contributed by atoms with Crippen LogP contribution in [0.2, 0.25) is 0 Å². The fourth-order valence-corrected chi connectivity index (χ4v) is 8.92. The molecule has 0 aliphatic heterocycles. The summed E-state index contributed by atoms with van der Waals surface area (Å²) >= 11 is 0. The zero-order chi connectivity index (χ0) is 18.3. The summed E-state index contributed by atoms with van der Waals surface area (Å²) in [7, 11) is 0. The summed E-state index contributed by atoms with van der Waals surface area (Å²) in [6, 6.07) is 0. The van der Waals surface area contributed by atoms with Crippen molar-refractivity contribution in [2.45, 2.75) is 64.9 Å². The van der Waals surface area contributed by atoms with Gasteiger partial charge in [0.15, 0.2) is 6.79 Å². The van der Waals surface area contributed by atoms with E-state index in [1.54, 1.807) is 0 Å². The van der Waals surface area contributed by atoms with Crippen LogP contribution in [-0.4, -0.2) is 18.9 Å². The van der Waals surface area contributed by atoms with Crippen LogP contribution in [0.1, 0.15) is 58.8 Å². The van der Waals surface area contributed by atoms with E-state index in [1.807, 2.05) is 0 Å². The third-order valence-electron chi connectivity index (χ3n) is 10.0. The molecule has 6 bridgehead atoms. The van der Waals surface area contributed by atoms with Crippen molar-refractivity contribution in [3.63, 3.8) is 0 Å². The lowest BCUT2D eigenvalue weighted by Gasteiger charge is -2.53. The van der Waals surface area contributed by atoms with Gasteiger partial charge in [0, 0.05) is 0 Å². The molecule has 3 heteroatoms. The number of hydrogen-bond acceptors (Lipinski definition) is 3. The molecule has 0 aromatic rings. The van der Waals surface area contributed by atoms with Gasteiger partial charge in [0.05, 0.1) is 12.0 Å². The highest BCUT2D eigenvalue weighted by Gasteiger charge is 2.62. The maximum absolute atomic E-state index is 12.9. The largest absolute Gasteiger partial charge is 0.438 e. The lowest BCUT2D eigenvalue weighted by molar-refractivity contribution is -0.200. The number of carbonyl (C=O) groups is 1. The van der Waals surface area contributed by atoms with Crippen LogP contribution in [0.5, 0.6) is 0 Å². The van der Waals surface area contributed by atoms with Crippen molar-refractivity contribution in [1.82, 2.24) is 0 Å². The molecule has 0 aromatic heterocycles. The van der Waals surface area contributed by atoms with E-state index in [1.165, 1.54) is 38.5 Å². The SMILES string of the molecule is CC1(C)C2CCC(CC2)C1OCOC(=O)C1CC2CC1C1C3C=CC(C3)C21. The Hall–Kier alpha value is -0.830. The molecule has 27 heavy (non-hydrogen) atoms. The van der Waals surface area contributed by atoms with Gasteiger partial charge in [-0.25, -0.2) is 0 Å². The van der Waals surface area contributed by atoms with Crippen LogP contribution in [-0.2, 0) is 14.3 Å². The molecule has 0 radical (unpaired) electrons.